The minimum Gasteiger partial charge on any atom is -0.492 e. The summed E-state index contributed by atoms with van der Waals surface area (Å²) in [5.41, 5.74) is -0.621. The number of aromatic hydroxyl groups is 2. The zero-order valence-electron chi connectivity index (χ0n) is 14.5. The lowest BCUT2D eigenvalue weighted by Crippen LogP contribution is -2.30. The first-order chi connectivity index (χ1) is 10.5. The van der Waals surface area contributed by atoms with Crippen molar-refractivity contribution in [2.24, 2.45) is 0 Å². The van der Waals surface area contributed by atoms with Gasteiger partial charge in [0, 0.05) is 18.7 Å². The van der Waals surface area contributed by atoms with E-state index in [-0.39, 0.29) is 30.4 Å². The Balaban J connectivity index is 2.30. The smallest absolute Gasteiger partial charge is 0.335 e. The van der Waals surface area contributed by atoms with Gasteiger partial charge in [0.25, 0.3) is 0 Å². The molecule has 0 amide bonds. The van der Waals surface area contributed by atoms with Crippen LogP contribution in [0.1, 0.15) is 47.5 Å². The van der Waals surface area contributed by atoms with Crippen molar-refractivity contribution in [2.75, 3.05) is 13.2 Å². The summed E-state index contributed by atoms with van der Waals surface area (Å²) in [6, 6.07) is 2.44. The molecule has 0 saturated heterocycles. The standard InChI is InChI=1S/C16H27NO6/c1-15(2,3)21-11-9-16(4,5)22-10-8-14(20)23-17-12(18)6-7-13(17)19/h6-7,18-19H,8-11H2,1-5H3. The summed E-state index contributed by atoms with van der Waals surface area (Å²) >= 11 is 0. The van der Waals surface area contributed by atoms with Crippen LogP contribution in [-0.2, 0) is 14.3 Å². The van der Waals surface area contributed by atoms with Gasteiger partial charge in [-0.2, -0.15) is 0 Å². The van der Waals surface area contributed by atoms with Crippen molar-refractivity contribution in [1.82, 2.24) is 4.73 Å². The van der Waals surface area contributed by atoms with E-state index in [0.717, 1.165) is 0 Å². The number of nitrogens with zero attached hydrogens (tertiary/aromatic N) is 1. The van der Waals surface area contributed by atoms with Crippen molar-refractivity contribution < 1.29 is 29.3 Å². The first-order valence-corrected chi connectivity index (χ1v) is 7.59. The van der Waals surface area contributed by atoms with Gasteiger partial charge in [-0.3, -0.25) is 0 Å². The van der Waals surface area contributed by atoms with E-state index < -0.39 is 11.6 Å². The Morgan fingerprint density at radius 2 is 1.61 bits per heavy atom. The summed E-state index contributed by atoms with van der Waals surface area (Å²) in [6.45, 7) is 10.5. The molecule has 0 unspecified atom stereocenters. The van der Waals surface area contributed by atoms with E-state index in [4.69, 9.17) is 14.3 Å². The Morgan fingerprint density at radius 3 is 2.13 bits per heavy atom. The van der Waals surface area contributed by atoms with E-state index in [9.17, 15) is 15.0 Å². The SMILES string of the molecule is CC(C)(C)OCCC(C)(C)OCCC(=O)On1c(O)ccc1O. The van der Waals surface area contributed by atoms with Crippen LogP contribution < -0.4 is 4.84 Å². The maximum atomic E-state index is 11.7. The topological polar surface area (TPSA) is 90.2 Å². The van der Waals surface area contributed by atoms with Gasteiger partial charge in [0.2, 0.25) is 11.8 Å². The summed E-state index contributed by atoms with van der Waals surface area (Å²) in [7, 11) is 0. The monoisotopic (exact) mass is 329 g/mol. The summed E-state index contributed by atoms with van der Waals surface area (Å²) in [4.78, 5) is 16.5. The first-order valence-electron chi connectivity index (χ1n) is 7.59. The van der Waals surface area contributed by atoms with Crippen LogP contribution in [0.4, 0.5) is 0 Å². The van der Waals surface area contributed by atoms with Crippen LogP contribution in [0.2, 0.25) is 0 Å². The van der Waals surface area contributed by atoms with Crippen LogP contribution in [0.5, 0.6) is 11.8 Å². The van der Waals surface area contributed by atoms with Crippen molar-refractivity contribution in [3.8, 4) is 11.8 Å². The van der Waals surface area contributed by atoms with E-state index in [1.54, 1.807) is 0 Å². The molecule has 0 aliphatic heterocycles. The molecule has 0 radical (unpaired) electrons. The lowest BCUT2D eigenvalue weighted by atomic mass is 10.1. The van der Waals surface area contributed by atoms with Crippen LogP contribution in [0.15, 0.2) is 12.1 Å². The molecule has 0 aliphatic carbocycles. The Labute approximate surface area is 136 Å². The highest BCUT2D eigenvalue weighted by Crippen LogP contribution is 2.19. The Morgan fingerprint density at radius 1 is 1.04 bits per heavy atom. The second kappa shape index (κ2) is 7.70. The molecule has 1 aromatic heterocycles. The van der Waals surface area contributed by atoms with Gasteiger partial charge in [-0.15, -0.1) is 4.73 Å². The van der Waals surface area contributed by atoms with Gasteiger partial charge in [-0.05, 0) is 41.0 Å². The third-order valence-electron chi connectivity index (χ3n) is 3.03. The highest BCUT2D eigenvalue weighted by molar-refractivity contribution is 5.70. The molecule has 1 heterocycles. The Hall–Kier alpha value is -1.73. The van der Waals surface area contributed by atoms with E-state index in [1.165, 1.54) is 12.1 Å². The van der Waals surface area contributed by atoms with Crippen LogP contribution in [0.3, 0.4) is 0 Å². The second-order valence-corrected chi connectivity index (χ2v) is 6.88. The van der Waals surface area contributed by atoms with Crippen molar-refractivity contribution in [2.45, 2.75) is 58.7 Å². The fourth-order valence-electron chi connectivity index (χ4n) is 1.73. The van der Waals surface area contributed by atoms with E-state index in [0.29, 0.717) is 17.8 Å². The number of ether oxygens (including phenoxy) is 2. The minimum absolute atomic E-state index is 0.000613. The number of hydrogen-bond donors (Lipinski definition) is 2. The highest BCUT2D eigenvalue weighted by atomic mass is 16.7. The van der Waals surface area contributed by atoms with Gasteiger partial charge >= 0.3 is 5.97 Å². The zero-order chi connectivity index (χ0) is 17.7. The second-order valence-electron chi connectivity index (χ2n) is 6.88. The molecule has 0 atom stereocenters. The lowest BCUT2D eigenvalue weighted by Gasteiger charge is -2.27. The maximum absolute atomic E-state index is 11.7. The minimum atomic E-state index is -0.617. The fraction of sp³-hybridized carbons (Fsp3) is 0.688. The van der Waals surface area contributed by atoms with Gasteiger partial charge in [0.05, 0.1) is 24.2 Å². The summed E-state index contributed by atoms with van der Waals surface area (Å²) in [5, 5.41) is 18.8. The van der Waals surface area contributed by atoms with Crippen LogP contribution in [0, 0.1) is 0 Å². The van der Waals surface area contributed by atoms with Crippen LogP contribution in [0.25, 0.3) is 0 Å². The molecule has 0 aliphatic rings. The predicted octanol–water partition coefficient (Wildman–Crippen LogP) is 2.25. The average Bonchev–Trinajstić information content (AvgIpc) is 2.68. The number of aromatic nitrogens is 1. The molecule has 0 aromatic carbocycles. The molecule has 0 saturated carbocycles. The molecule has 23 heavy (non-hydrogen) atoms. The number of rotatable bonds is 8. The fourth-order valence-corrected chi connectivity index (χ4v) is 1.73. The summed E-state index contributed by atoms with van der Waals surface area (Å²) < 4.78 is 12.0. The van der Waals surface area contributed by atoms with E-state index in [2.05, 4.69) is 0 Å². The number of hydrogen-bond acceptors (Lipinski definition) is 6. The van der Waals surface area contributed by atoms with Crippen LogP contribution >= 0.6 is 0 Å². The predicted molar refractivity (Wildman–Crippen MR) is 84.3 cm³/mol. The zero-order valence-corrected chi connectivity index (χ0v) is 14.5. The normalized spacial score (nSPS) is 12.4. The molecule has 1 rings (SSSR count). The molecule has 0 bridgehead atoms. The third kappa shape index (κ3) is 7.38. The first kappa shape index (κ1) is 19.3. The number of carbonyl (C=O) groups excluding carboxylic acids is 1. The molecule has 2 N–H and O–H groups in total. The lowest BCUT2D eigenvalue weighted by molar-refractivity contribution is -0.148. The summed E-state index contributed by atoms with van der Waals surface area (Å²) in [5.74, 6) is -1.32. The third-order valence-corrected chi connectivity index (χ3v) is 3.03. The number of carbonyl (C=O) groups is 1. The molecule has 7 nitrogen and oxygen atoms in total. The van der Waals surface area contributed by atoms with Crippen LogP contribution in [-0.4, -0.2) is 45.3 Å². The molecule has 0 spiro atoms. The molecule has 0 fully saturated rings. The molecule has 7 heteroatoms. The van der Waals surface area contributed by atoms with Gasteiger partial charge in [0.15, 0.2) is 0 Å². The highest BCUT2D eigenvalue weighted by Gasteiger charge is 2.21. The van der Waals surface area contributed by atoms with Crippen molar-refractivity contribution in [3.63, 3.8) is 0 Å². The van der Waals surface area contributed by atoms with Gasteiger partial charge < -0.3 is 24.5 Å². The van der Waals surface area contributed by atoms with Crippen molar-refractivity contribution in [1.29, 1.82) is 0 Å². The summed E-state index contributed by atoms with van der Waals surface area (Å²) in [6.07, 6.45) is 0.694. The Kier molecular flexibility index (Phi) is 6.47. The van der Waals surface area contributed by atoms with Gasteiger partial charge in [-0.25, -0.2) is 4.79 Å². The molecule has 1 aromatic rings. The largest absolute Gasteiger partial charge is 0.492 e. The Bertz CT molecular complexity index is 496. The van der Waals surface area contributed by atoms with E-state index >= 15 is 0 Å². The average molecular weight is 329 g/mol. The van der Waals surface area contributed by atoms with E-state index in [1.807, 2.05) is 34.6 Å². The molecule has 132 valence electrons. The maximum Gasteiger partial charge on any atom is 0.335 e. The quantitative estimate of drug-likeness (QED) is 0.760. The molecular formula is C16H27NO6. The van der Waals surface area contributed by atoms with Crippen molar-refractivity contribution in [3.05, 3.63) is 12.1 Å². The van der Waals surface area contributed by atoms with Gasteiger partial charge in [-0.1, -0.05) is 0 Å². The van der Waals surface area contributed by atoms with Crippen molar-refractivity contribution >= 4 is 5.97 Å². The van der Waals surface area contributed by atoms with Gasteiger partial charge in [0.1, 0.15) is 0 Å². The molecular weight excluding hydrogens is 302 g/mol.